The summed E-state index contributed by atoms with van der Waals surface area (Å²) in [6.07, 6.45) is 5.41. The molecule has 1 atom stereocenters. The van der Waals surface area contributed by atoms with Crippen LogP contribution in [0.3, 0.4) is 0 Å². The molecular weight excluding hydrogens is 224 g/mol. The molecule has 0 aromatic carbocycles. The first-order valence-electron chi connectivity index (χ1n) is 5.60. The fourth-order valence-electron chi connectivity index (χ4n) is 1.18. The second-order valence-electron chi connectivity index (χ2n) is 3.71. The maximum atomic E-state index is 9.66. The number of aryl methyl sites for hydroxylation is 1. The second-order valence-corrected chi connectivity index (χ2v) is 4.70. The molecule has 0 saturated heterocycles. The molecule has 1 rings (SSSR count). The van der Waals surface area contributed by atoms with Crippen molar-refractivity contribution in [3.05, 3.63) is 12.4 Å². The Morgan fingerprint density at radius 2 is 2.44 bits per heavy atom. The van der Waals surface area contributed by atoms with Gasteiger partial charge in [-0.1, -0.05) is 25.1 Å². The van der Waals surface area contributed by atoms with Gasteiger partial charge in [-0.2, -0.15) is 0 Å². The Bertz CT molecular complexity index is 291. The average molecular weight is 244 g/mol. The number of aliphatic hydroxyl groups is 1. The summed E-state index contributed by atoms with van der Waals surface area (Å²) in [7, 11) is 1.94. The summed E-state index contributed by atoms with van der Waals surface area (Å²) in [6.45, 7) is 3.27. The zero-order valence-corrected chi connectivity index (χ0v) is 10.7. The monoisotopic (exact) mass is 244 g/mol. The number of hydrogen-bond donors (Lipinski definition) is 1. The van der Waals surface area contributed by atoms with Gasteiger partial charge in [0.25, 0.3) is 0 Å². The smallest absolute Gasteiger partial charge is 0.167 e. The van der Waals surface area contributed by atoms with Gasteiger partial charge >= 0.3 is 0 Å². The molecule has 1 heterocycles. The molecule has 4 nitrogen and oxygen atoms in total. The average Bonchev–Trinajstić information content (AvgIpc) is 2.67. The third-order valence-electron chi connectivity index (χ3n) is 2.13. The highest BCUT2D eigenvalue weighted by molar-refractivity contribution is 7.99. The van der Waals surface area contributed by atoms with Crippen molar-refractivity contribution in [3.63, 3.8) is 0 Å². The molecule has 1 aromatic heterocycles. The minimum Gasteiger partial charge on any atom is -0.390 e. The lowest BCUT2D eigenvalue weighted by Crippen LogP contribution is -2.18. The standard InChI is InChI=1S/C11H20N2O2S/c1-3-4-7-15-8-10(14)9-16-11-12-5-6-13(11)2/h5-6,10,14H,3-4,7-9H2,1-2H3. The second kappa shape index (κ2) is 7.70. The van der Waals surface area contributed by atoms with Gasteiger partial charge < -0.3 is 14.4 Å². The first-order chi connectivity index (χ1) is 7.74. The van der Waals surface area contributed by atoms with E-state index >= 15 is 0 Å². The van der Waals surface area contributed by atoms with Crippen LogP contribution >= 0.6 is 11.8 Å². The van der Waals surface area contributed by atoms with E-state index < -0.39 is 6.10 Å². The van der Waals surface area contributed by atoms with Gasteiger partial charge in [0, 0.05) is 31.8 Å². The predicted octanol–water partition coefficient (Wildman–Crippen LogP) is 1.69. The highest BCUT2D eigenvalue weighted by Gasteiger charge is 2.07. The lowest BCUT2D eigenvalue weighted by atomic mass is 10.3. The fourth-order valence-corrected chi connectivity index (χ4v) is 2.01. The minimum absolute atomic E-state index is 0.414. The normalized spacial score (nSPS) is 12.9. The number of imidazole rings is 1. The minimum atomic E-state index is -0.418. The van der Waals surface area contributed by atoms with Crippen LogP contribution in [0.2, 0.25) is 0 Å². The van der Waals surface area contributed by atoms with Crippen LogP contribution in [0.25, 0.3) is 0 Å². The Morgan fingerprint density at radius 3 is 3.06 bits per heavy atom. The number of aliphatic hydroxyl groups excluding tert-OH is 1. The van der Waals surface area contributed by atoms with E-state index in [0.717, 1.165) is 24.6 Å². The summed E-state index contributed by atoms with van der Waals surface area (Å²) in [5.41, 5.74) is 0. The zero-order chi connectivity index (χ0) is 11.8. The van der Waals surface area contributed by atoms with Crippen molar-refractivity contribution in [2.45, 2.75) is 31.0 Å². The number of hydrogen-bond acceptors (Lipinski definition) is 4. The van der Waals surface area contributed by atoms with Crippen LogP contribution in [-0.4, -0.2) is 39.7 Å². The van der Waals surface area contributed by atoms with Crippen LogP contribution in [0, 0.1) is 0 Å². The van der Waals surface area contributed by atoms with Crippen molar-refractivity contribution in [2.24, 2.45) is 7.05 Å². The third kappa shape index (κ3) is 5.01. The number of thioether (sulfide) groups is 1. The molecule has 0 aliphatic heterocycles. The van der Waals surface area contributed by atoms with Crippen molar-refractivity contribution in [1.82, 2.24) is 9.55 Å². The van der Waals surface area contributed by atoms with Crippen LogP contribution in [0.4, 0.5) is 0 Å². The molecule has 0 amide bonds. The number of unbranched alkanes of at least 4 members (excludes halogenated alkanes) is 1. The summed E-state index contributed by atoms with van der Waals surface area (Å²) >= 11 is 1.55. The first-order valence-corrected chi connectivity index (χ1v) is 6.58. The number of rotatable bonds is 8. The Hall–Kier alpha value is -0.520. The zero-order valence-electron chi connectivity index (χ0n) is 9.93. The maximum absolute atomic E-state index is 9.66. The van der Waals surface area contributed by atoms with Crippen molar-refractivity contribution < 1.29 is 9.84 Å². The largest absolute Gasteiger partial charge is 0.390 e. The Kier molecular flexibility index (Phi) is 6.52. The molecule has 0 aliphatic rings. The van der Waals surface area contributed by atoms with Crippen LogP contribution in [0.5, 0.6) is 0 Å². The van der Waals surface area contributed by atoms with Gasteiger partial charge in [0.2, 0.25) is 0 Å². The summed E-state index contributed by atoms with van der Waals surface area (Å²) in [5.74, 6) is 0.622. The Morgan fingerprint density at radius 1 is 1.62 bits per heavy atom. The lowest BCUT2D eigenvalue weighted by molar-refractivity contribution is 0.0473. The molecule has 16 heavy (non-hydrogen) atoms. The molecular formula is C11H20N2O2S. The lowest BCUT2D eigenvalue weighted by Gasteiger charge is -2.10. The van der Waals surface area contributed by atoms with Crippen molar-refractivity contribution in [3.8, 4) is 0 Å². The van der Waals surface area contributed by atoms with Gasteiger partial charge in [-0.3, -0.25) is 0 Å². The molecule has 5 heteroatoms. The number of ether oxygens (including phenoxy) is 1. The number of aromatic nitrogens is 2. The maximum Gasteiger partial charge on any atom is 0.167 e. The van der Waals surface area contributed by atoms with E-state index in [2.05, 4.69) is 11.9 Å². The summed E-state index contributed by atoms with van der Waals surface area (Å²) in [4.78, 5) is 4.17. The molecule has 0 radical (unpaired) electrons. The molecule has 92 valence electrons. The quantitative estimate of drug-likeness (QED) is 0.558. The van der Waals surface area contributed by atoms with Crippen molar-refractivity contribution in [1.29, 1.82) is 0 Å². The summed E-state index contributed by atoms with van der Waals surface area (Å²) < 4.78 is 7.29. The van der Waals surface area contributed by atoms with E-state index in [9.17, 15) is 5.11 Å². The third-order valence-corrected chi connectivity index (χ3v) is 3.34. The van der Waals surface area contributed by atoms with Crippen LogP contribution in [0.15, 0.2) is 17.6 Å². The van der Waals surface area contributed by atoms with E-state index in [1.807, 2.05) is 17.8 Å². The van der Waals surface area contributed by atoms with E-state index in [1.165, 1.54) is 0 Å². The van der Waals surface area contributed by atoms with E-state index in [4.69, 9.17) is 4.74 Å². The van der Waals surface area contributed by atoms with E-state index in [-0.39, 0.29) is 0 Å². The molecule has 1 unspecified atom stereocenters. The van der Waals surface area contributed by atoms with Crippen LogP contribution < -0.4 is 0 Å². The Labute approximate surface area is 101 Å². The van der Waals surface area contributed by atoms with E-state index in [1.54, 1.807) is 18.0 Å². The van der Waals surface area contributed by atoms with Gasteiger partial charge in [0.1, 0.15) is 0 Å². The molecule has 0 saturated carbocycles. The SMILES string of the molecule is CCCCOCC(O)CSc1nccn1C. The Balaban J connectivity index is 2.10. The molecule has 0 aliphatic carbocycles. The summed E-state index contributed by atoms with van der Waals surface area (Å²) in [5, 5.41) is 10.6. The fraction of sp³-hybridized carbons (Fsp3) is 0.727. The van der Waals surface area contributed by atoms with Gasteiger partial charge in [0.15, 0.2) is 5.16 Å². The van der Waals surface area contributed by atoms with Crippen LogP contribution in [-0.2, 0) is 11.8 Å². The topological polar surface area (TPSA) is 47.3 Å². The first kappa shape index (κ1) is 13.5. The molecule has 1 N–H and O–H groups in total. The number of nitrogens with zero attached hydrogens (tertiary/aromatic N) is 2. The molecule has 0 fully saturated rings. The van der Waals surface area contributed by atoms with Gasteiger partial charge in [-0.15, -0.1) is 0 Å². The van der Waals surface area contributed by atoms with Gasteiger partial charge in [0.05, 0.1) is 12.7 Å². The highest BCUT2D eigenvalue weighted by Crippen LogP contribution is 2.15. The van der Waals surface area contributed by atoms with Crippen molar-refractivity contribution >= 4 is 11.8 Å². The highest BCUT2D eigenvalue weighted by atomic mass is 32.2. The molecule has 0 bridgehead atoms. The van der Waals surface area contributed by atoms with Gasteiger partial charge in [-0.25, -0.2) is 4.98 Å². The van der Waals surface area contributed by atoms with Crippen molar-refractivity contribution in [2.75, 3.05) is 19.0 Å². The van der Waals surface area contributed by atoms with Crippen LogP contribution in [0.1, 0.15) is 19.8 Å². The summed E-state index contributed by atoms with van der Waals surface area (Å²) in [6, 6.07) is 0. The van der Waals surface area contributed by atoms with E-state index in [0.29, 0.717) is 12.4 Å². The molecule has 1 aromatic rings. The van der Waals surface area contributed by atoms with Gasteiger partial charge in [-0.05, 0) is 6.42 Å². The molecule has 0 spiro atoms. The predicted molar refractivity (Wildman–Crippen MR) is 65.7 cm³/mol.